The third-order valence-electron chi connectivity index (χ3n) is 5.04. The SMILES string of the molecule is CCCCn1c(SCC(=O)c2cc(C)c(C)cc2C)nc2ccccc2c1=O. The Morgan fingerprint density at radius 1 is 1.07 bits per heavy atom. The molecule has 5 heteroatoms. The summed E-state index contributed by atoms with van der Waals surface area (Å²) in [6.07, 6.45) is 1.89. The number of carbonyl (C=O) groups is 1. The number of Topliss-reactive ketones (excluding diaryl/α,β-unsaturated/α-hetero) is 1. The minimum absolute atomic E-state index is 0.0311. The predicted molar refractivity (Wildman–Crippen MR) is 117 cm³/mol. The van der Waals surface area contributed by atoms with E-state index in [1.54, 1.807) is 4.57 Å². The number of aryl methyl sites for hydroxylation is 3. The summed E-state index contributed by atoms with van der Waals surface area (Å²) in [7, 11) is 0. The first-order chi connectivity index (χ1) is 13.4. The first-order valence-corrected chi connectivity index (χ1v) is 10.6. The van der Waals surface area contributed by atoms with Gasteiger partial charge in [0.1, 0.15) is 0 Å². The molecule has 0 atom stereocenters. The van der Waals surface area contributed by atoms with Gasteiger partial charge in [-0.1, -0.05) is 43.3 Å². The second kappa shape index (κ2) is 8.74. The topological polar surface area (TPSA) is 52.0 Å². The lowest BCUT2D eigenvalue weighted by molar-refractivity contribution is 0.102. The summed E-state index contributed by atoms with van der Waals surface area (Å²) in [5.74, 6) is 0.329. The minimum atomic E-state index is -0.0311. The molecule has 0 aliphatic carbocycles. The van der Waals surface area contributed by atoms with Crippen LogP contribution in [0.4, 0.5) is 0 Å². The maximum atomic E-state index is 12.9. The van der Waals surface area contributed by atoms with Gasteiger partial charge < -0.3 is 0 Å². The van der Waals surface area contributed by atoms with Gasteiger partial charge in [0.15, 0.2) is 10.9 Å². The summed E-state index contributed by atoms with van der Waals surface area (Å²) in [6.45, 7) is 8.75. The molecule has 3 rings (SSSR count). The summed E-state index contributed by atoms with van der Waals surface area (Å²) in [5.41, 5.74) is 4.69. The van der Waals surface area contributed by atoms with E-state index in [2.05, 4.69) is 24.9 Å². The van der Waals surface area contributed by atoms with Crippen molar-refractivity contribution in [1.82, 2.24) is 9.55 Å². The number of thioether (sulfide) groups is 1. The number of fused-ring (bicyclic) bond motifs is 1. The van der Waals surface area contributed by atoms with Crippen molar-refractivity contribution in [2.24, 2.45) is 0 Å². The van der Waals surface area contributed by atoms with Crippen molar-refractivity contribution >= 4 is 28.4 Å². The number of rotatable bonds is 7. The largest absolute Gasteiger partial charge is 0.293 e. The zero-order valence-corrected chi connectivity index (χ0v) is 17.7. The van der Waals surface area contributed by atoms with Crippen LogP contribution in [0.2, 0.25) is 0 Å². The Balaban J connectivity index is 1.92. The van der Waals surface area contributed by atoms with Crippen LogP contribution >= 0.6 is 11.8 Å². The Morgan fingerprint density at radius 2 is 1.79 bits per heavy atom. The molecule has 28 heavy (non-hydrogen) atoms. The summed E-state index contributed by atoms with van der Waals surface area (Å²) in [5, 5.41) is 1.24. The normalized spacial score (nSPS) is 11.1. The third kappa shape index (κ3) is 4.20. The van der Waals surface area contributed by atoms with Gasteiger partial charge in [0, 0.05) is 12.1 Å². The number of aromatic nitrogens is 2. The molecule has 0 saturated heterocycles. The number of ketones is 1. The van der Waals surface area contributed by atoms with Gasteiger partial charge in [-0.2, -0.15) is 0 Å². The highest BCUT2D eigenvalue weighted by Crippen LogP contribution is 2.22. The molecule has 0 aliphatic heterocycles. The van der Waals surface area contributed by atoms with Crippen molar-refractivity contribution in [3.05, 3.63) is 69.0 Å². The highest BCUT2D eigenvalue weighted by molar-refractivity contribution is 7.99. The molecule has 1 aromatic heterocycles. The van der Waals surface area contributed by atoms with Crippen LogP contribution in [0.5, 0.6) is 0 Å². The zero-order chi connectivity index (χ0) is 20.3. The molecule has 0 saturated carbocycles. The van der Waals surface area contributed by atoms with E-state index in [0.717, 1.165) is 29.5 Å². The van der Waals surface area contributed by atoms with Crippen molar-refractivity contribution in [3.8, 4) is 0 Å². The van der Waals surface area contributed by atoms with E-state index < -0.39 is 0 Å². The summed E-state index contributed by atoms with van der Waals surface area (Å²) >= 11 is 1.35. The van der Waals surface area contributed by atoms with Gasteiger partial charge in [-0.25, -0.2) is 4.98 Å². The summed E-state index contributed by atoms with van der Waals surface area (Å²) in [4.78, 5) is 30.5. The van der Waals surface area contributed by atoms with Gasteiger partial charge in [-0.15, -0.1) is 0 Å². The van der Waals surface area contributed by atoms with Crippen molar-refractivity contribution in [3.63, 3.8) is 0 Å². The van der Waals surface area contributed by atoms with Crippen LogP contribution in [0.15, 0.2) is 46.3 Å². The Bertz CT molecular complexity index is 1090. The van der Waals surface area contributed by atoms with E-state index in [4.69, 9.17) is 0 Å². The fraction of sp³-hybridized carbons (Fsp3) is 0.348. The van der Waals surface area contributed by atoms with Crippen molar-refractivity contribution in [1.29, 1.82) is 0 Å². The molecular formula is C23H26N2O2S. The fourth-order valence-electron chi connectivity index (χ4n) is 3.24. The number of nitrogens with zero attached hydrogens (tertiary/aromatic N) is 2. The fourth-order valence-corrected chi connectivity index (χ4v) is 4.15. The molecule has 0 N–H and O–H groups in total. The molecule has 2 aromatic carbocycles. The monoisotopic (exact) mass is 394 g/mol. The van der Waals surface area contributed by atoms with E-state index in [1.165, 1.54) is 17.3 Å². The number of hydrogen-bond donors (Lipinski definition) is 0. The molecule has 4 nitrogen and oxygen atoms in total. The lowest BCUT2D eigenvalue weighted by atomic mass is 9.99. The van der Waals surface area contributed by atoms with Gasteiger partial charge in [-0.3, -0.25) is 14.2 Å². The van der Waals surface area contributed by atoms with Crippen LogP contribution in [0.1, 0.15) is 46.8 Å². The summed E-state index contributed by atoms with van der Waals surface area (Å²) < 4.78 is 1.72. The maximum absolute atomic E-state index is 12.9. The van der Waals surface area contributed by atoms with Crippen molar-refractivity contribution in [2.75, 3.05) is 5.75 Å². The average molecular weight is 395 g/mol. The van der Waals surface area contributed by atoms with Gasteiger partial charge in [-0.05, 0) is 62.1 Å². The average Bonchev–Trinajstić information content (AvgIpc) is 2.68. The van der Waals surface area contributed by atoms with E-state index in [1.807, 2.05) is 44.2 Å². The smallest absolute Gasteiger partial charge is 0.262 e. The standard InChI is InChI=1S/C23H26N2O2S/c1-5-6-11-25-22(27)18-9-7-8-10-20(18)24-23(25)28-14-21(26)19-13-16(3)15(2)12-17(19)4/h7-10,12-13H,5-6,11,14H2,1-4H3. The number of para-hydroxylation sites is 1. The number of hydrogen-bond acceptors (Lipinski definition) is 4. The third-order valence-corrected chi connectivity index (χ3v) is 6.01. The van der Waals surface area contributed by atoms with Crippen molar-refractivity contribution in [2.45, 2.75) is 52.2 Å². The number of benzene rings is 2. The molecule has 0 unspecified atom stereocenters. The highest BCUT2D eigenvalue weighted by atomic mass is 32.2. The number of carbonyl (C=O) groups excluding carboxylic acids is 1. The van der Waals surface area contributed by atoms with E-state index >= 15 is 0 Å². The van der Waals surface area contributed by atoms with Gasteiger partial charge >= 0.3 is 0 Å². The zero-order valence-electron chi connectivity index (χ0n) is 16.9. The molecule has 0 aliphatic rings. The molecule has 0 spiro atoms. The molecule has 0 amide bonds. The lowest BCUT2D eigenvalue weighted by Gasteiger charge is -2.13. The molecule has 0 bridgehead atoms. The van der Waals surface area contributed by atoms with Gasteiger partial charge in [0.2, 0.25) is 0 Å². The maximum Gasteiger partial charge on any atom is 0.262 e. The van der Waals surface area contributed by atoms with E-state index in [-0.39, 0.29) is 17.1 Å². The molecule has 0 radical (unpaired) electrons. The Hall–Kier alpha value is -2.40. The summed E-state index contributed by atoms with van der Waals surface area (Å²) in [6, 6.07) is 11.4. The molecule has 0 fully saturated rings. The first-order valence-electron chi connectivity index (χ1n) is 9.65. The number of unbranched alkanes of at least 4 members (excludes halogenated alkanes) is 1. The molecule has 1 heterocycles. The van der Waals surface area contributed by atoms with Crippen LogP contribution in [-0.4, -0.2) is 21.1 Å². The van der Waals surface area contributed by atoms with Gasteiger partial charge in [0.05, 0.1) is 16.7 Å². The van der Waals surface area contributed by atoms with E-state index in [0.29, 0.717) is 22.6 Å². The van der Waals surface area contributed by atoms with E-state index in [9.17, 15) is 9.59 Å². The lowest BCUT2D eigenvalue weighted by Crippen LogP contribution is -2.24. The Morgan fingerprint density at radius 3 is 2.54 bits per heavy atom. The first kappa shape index (κ1) is 20.3. The molecule has 146 valence electrons. The van der Waals surface area contributed by atoms with Crippen molar-refractivity contribution < 1.29 is 4.79 Å². The Kier molecular flexibility index (Phi) is 6.35. The highest BCUT2D eigenvalue weighted by Gasteiger charge is 2.15. The quantitative estimate of drug-likeness (QED) is 0.318. The van der Waals surface area contributed by atoms with Crippen LogP contribution < -0.4 is 5.56 Å². The molecular weight excluding hydrogens is 368 g/mol. The van der Waals surface area contributed by atoms with Crippen LogP contribution in [0.25, 0.3) is 10.9 Å². The second-order valence-electron chi connectivity index (χ2n) is 7.19. The predicted octanol–water partition coefficient (Wildman–Crippen LogP) is 5.10. The molecule has 3 aromatic rings. The van der Waals surface area contributed by atoms with Crippen LogP contribution in [0.3, 0.4) is 0 Å². The Labute approximate surface area is 170 Å². The minimum Gasteiger partial charge on any atom is -0.293 e. The van der Waals surface area contributed by atoms with Crippen LogP contribution in [0, 0.1) is 20.8 Å². The van der Waals surface area contributed by atoms with Gasteiger partial charge in [0.25, 0.3) is 5.56 Å². The second-order valence-corrected chi connectivity index (χ2v) is 8.13. The van der Waals surface area contributed by atoms with Crippen LogP contribution in [-0.2, 0) is 6.54 Å².